The molecule has 0 amide bonds. The van der Waals surface area contributed by atoms with Crippen LogP contribution in [-0.2, 0) is 4.79 Å². The van der Waals surface area contributed by atoms with Gasteiger partial charge in [-0.05, 0) is 48.3 Å². The zero-order valence-corrected chi connectivity index (χ0v) is 6.81. The van der Waals surface area contributed by atoms with Crippen molar-refractivity contribution >= 4 is 5.97 Å². The van der Waals surface area contributed by atoms with Crippen LogP contribution in [0.4, 0.5) is 0 Å². The van der Waals surface area contributed by atoms with Crippen molar-refractivity contribution in [3.8, 4) is 0 Å². The molecule has 0 aromatic heterocycles. The van der Waals surface area contributed by atoms with Crippen molar-refractivity contribution in [1.82, 2.24) is 0 Å². The second-order valence-electron chi connectivity index (χ2n) is 5.14. The van der Waals surface area contributed by atoms with Crippen molar-refractivity contribution in [3.05, 3.63) is 0 Å². The molecule has 2 nitrogen and oxygen atoms in total. The van der Waals surface area contributed by atoms with Gasteiger partial charge in [0, 0.05) is 0 Å². The molecule has 5 fully saturated rings. The van der Waals surface area contributed by atoms with Crippen molar-refractivity contribution in [2.75, 3.05) is 0 Å². The summed E-state index contributed by atoms with van der Waals surface area (Å²) < 4.78 is 0. The molecular formula is C10H12O2. The second-order valence-corrected chi connectivity index (χ2v) is 5.14. The van der Waals surface area contributed by atoms with Gasteiger partial charge in [0.05, 0.1) is 5.92 Å². The highest BCUT2D eigenvalue weighted by molar-refractivity contribution is 5.72. The molecule has 5 aliphatic rings. The molecule has 2 heteroatoms. The molecular weight excluding hydrogens is 152 g/mol. The molecule has 1 unspecified atom stereocenters. The van der Waals surface area contributed by atoms with Crippen LogP contribution in [0.25, 0.3) is 0 Å². The van der Waals surface area contributed by atoms with E-state index >= 15 is 0 Å². The van der Waals surface area contributed by atoms with Crippen LogP contribution in [0.15, 0.2) is 0 Å². The molecule has 12 heavy (non-hydrogen) atoms. The third-order valence-electron chi connectivity index (χ3n) is 5.13. The highest BCUT2D eigenvalue weighted by atomic mass is 16.4. The maximum Gasteiger partial charge on any atom is 0.306 e. The first-order chi connectivity index (χ1) is 5.79. The predicted octanol–water partition coefficient (Wildman–Crippen LogP) is 1.22. The average molecular weight is 164 g/mol. The Bertz CT molecular complexity index is 286. The first-order valence-electron chi connectivity index (χ1n) is 5.02. The van der Waals surface area contributed by atoms with Gasteiger partial charge in [-0.1, -0.05) is 0 Å². The van der Waals surface area contributed by atoms with Gasteiger partial charge in [-0.3, -0.25) is 4.79 Å². The Morgan fingerprint density at radius 2 is 1.75 bits per heavy atom. The van der Waals surface area contributed by atoms with Crippen LogP contribution in [0.5, 0.6) is 0 Å². The summed E-state index contributed by atoms with van der Waals surface area (Å²) in [5.41, 5.74) is 0. The van der Waals surface area contributed by atoms with E-state index in [1.165, 1.54) is 6.42 Å². The minimum absolute atomic E-state index is 0.0498. The van der Waals surface area contributed by atoms with E-state index in [1.807, 2.05) is 0 Å². The van der Waals surface area contributed by atoms with E-state index in [1.54, 1.807) is 0 Å². The van der Waals surface area contributed by atoms with E-state index in [0.29, 0.717) is 5.92 Å². The van der Waals surface area contributed by atoms with Crippen molar-refractivity contribution in [1.29, 1.82) is 0 Å². The van der Waals surface area contributed by atoms with E-state index < -0.39 is 5.97 Å². The summed E-state index contributed by atoms with van der Waals surface area (Å²) in [6.07, 6.45) is 2.40. The van der Waals surface area contributed by atoms with E-state index in [4.69, 9.17) is 5.11 Å². The number of aliphatic carboxylic acids is 1. The third-order valence-corrected chi connectivity index (χ3v) is 5.13. The molecule has 0 heterocycles. The number of hydrogen-bond donors (Lipinski definition) is 1. The monoisotopic (exact) mass is 164 g/mol. The van der Waals surface area contributed by atoms with E-state index in [2.05, 4.69) is 0 Å². The van der Waals surface area contributed by atoms with Gasteiger partial charge in [0.15, 0.2) is 0 Å². The highest BCUT2D eigenvalue weighted by Crippen LogP contribution is 2.82. The van der Waals surface area contributed by atoms with Crippen molar-refractivity contribution < 1.29 is 9.90 Å². The Labute approximate surface area is 71.0 Å². The Morgan fingerprint density at radius 3 is 2.25 bits per heavy atom. The van der Waals surface area contributed by atoms with Gasteiger partial charge in [0.2, 0.25) is 0 Å². The topological polar surface area (TPSA) is 37.3 Å². The molecule has 5 aliphatic carbocycles. The lowest BCUT2D eigenvalue weighted by atomic mass is 9.88. The molecule has 5 rings (SSSR count). The van der Waals surface area contributed by atoms with Crippen LogP contribution < -0.4 is 0 Å². The van der Waals surface area contributed by atoms with Crippen LogP contribution in [0.1, 0.15) is 12.8 Å². The number of carboxylic acids is 1. The summed E-state index contributed by atoms with van der Waals surface area (Å²) in [4.78, 5) is 10.9. The summed E-state index contributed by atoms with van der Waals surface area (Å²) in [6.45, 7) is 0. The normalized spacial score (nSPS) is 68.8. The standard InChI is InChI=1S/C10H12O2/c11-10(12)6-2-4-3-1-5-7(4)9(5)8(3)6/h3-9H,1-2H2,(H,11,12)/t3-,4-,5+,6?,7-,8-,9+/m1/s1. The second kappa shape index (κ2) is 1.45. The molecule has 0 spiro atoms. The summed E-state index contributed by atoms with van der Waals surface area (Å²) in [6, 6.07) is 0. The number of rotatable bonds is 1. The fraction of sp³-hybridized carbons (Fsp3) is 0.900. The molecule has 0 aliphatic heterocycles. The quantitative estimate of drug-likeness (QED) is 0.632. The number of carbonyl (C=O) groups is 1. The van der Waals surface area contributed by atoms with Gasteiger partial charge in [-0.2, -0.15) is 0 Å². The zero-order valence-electron chi connectivity index (χ0n) is 6.81. The van der Waals surface area contributed by atoms with Gasteiger partial charge in [-0.15, -0.1) is 0 Å². The van der Waals surface area contributed by atoms with Crippen molar-refractivity contribution in [3.63, 3.8) is 0 Å². The van der Waals surface area contributed by atoms with Crippen molar-refractivity contribution in [2.45, 2.75) is 12.8 Å². The Morgan fingerprint density at radius 1 is 1.00 bits per heavy atom. The van der Waals surface area contributed by atoms with Crippen LogP contribution in [0.2, 0.25) is 0 Å². The average Bonchev–Trinajstić information content (AvgIpc) is 2.45. The first kappa shape index (κ1) is 6.01. The van der Waals surface area contributed by atoms with Crippen LogP contribution in [-0.4, -0.2) is 11.1 Å². The lowest BCUT2D eigenvalue weighted by Gasteiger charge is -2.16. The fourth-order valence-electron chi connectivity index (χ4n) is 5.00. The SMILES string of the molecule is O=C(O)C1C[C@@H]2[C@H]3C[C@H]4[C@@H]2[C@H]4[C@@H]13. The van der Waals surface area contributed by atoms with Gasteiger partial charge in [0.25, 0.3) is 0 Å². The lowest BCUT2D eigenvalue weighted by Crippen LogP contribution is -2.22. The molecule has 6 bridgehead atoms. The summed E-state index contributed by atoms with van der Waals surface area (Å²) >= 11 is 0. The maximum absolute atomic E-state index is 10.9. The van der Waals surface area contributed by atoms with Crippen molar-refractivity contribution in [2.24, 2.45) is 41.4 Å². The van der Waals surface area contributed by atoms with Gasteiger partial charge < -0.3 is 5.11 Å². The van der Waals surface area contributed by atoms with Crippen LogP contribution in [0, 0.1) is 41.4 Å². The Kier molecular flexibility index (Phi) is 0.724. The van der Waals surface area contributed by atoms with Gasteiger partial charge in [0.1, 0.15) is 0 Å². The smallest absolute Gasteiger partial charge is 0.306 e. The summed E-state index contributed by atoms with van der Waals surface area (Å²) in [7, 11) is 0. The molecule has 1 N–H and O–H groups in total. The molecule has 7 atom stereocenters. The molecule has 0 aromatic carbocycles. The summed E-state index contributed by atoms with van der Waals surface area (Å²) in [5.74, 6) is 4.67. The minimum Gasteiger partial charge on any atom is -0.481 e. The number of hydrogen-bond acceptors (Lipinski definition) is 1. The molecule has 5 saturated carbocycles. The lowest BCUT2D eigenvalue weighted by molar-refractivity contribution is -0.143. The summed E-state index contributed by atoms with van der Waals surface area (Å²) in [5, 5.41) is 9.01. The first-order valence-corrected chi connectivity index (χ1v) is 5.02. The molecule has 0 radical (unpaired) electrons. The molecule has 64 valence electrons. The van der Waals surface area contributed by atoms with Crippen LogP contribution in [0.3, 0.4) is 0 Å². The largest absolute Gasteiger partial charge is 0.481 e. The van der Waals surface area contributed by atoms with Crippen LogP contribution >= 0.6 is 0 Å². The van der Waals surface area contributed by atoms with E-state index in [0.717, 1.165) is 36.0 Å². The fourth-order valence-corrected chi connectivity index (χ4v) is 5.00. The van der Waals surface area contributed by atoms with Gasteiger partial charge in [-0.25, -0.2) is 0 Å². The zero-order chi connectivity index (χ0) is 8.03. The Balaban J connectivity index is 1.79. The third kappa shape index (κ3) is 0.395. The van der Waals surface area contributed by atoms with Gasteiger partial charge >= 0.3 is 5.97 Å². The predicted molar refractivity (Wildman–Crippen MR) is 41.3 cm³/mol. The highest BCUT2D eigenvalue weighted by Gasteiger charge is 2.78. The Hall–Kier alpha value is -0.530. The maximum atomic E-state index is 10.9. The number of carboxylic acid groups (broad SMARTS) is 1. The van der Waals surface area contributed by atoms with E-state index in [-0.39, 0.29) is 5.92 Å². The minimum atomic E-state index is -0.515. The van der Waals surface area contributed by atoms with E-state index in [9.17, 15) is 4.79 Å². The molecule has 0 aromatic rings. The molecule has 0 saturated heterocycles.